The Morgan fingerprint density at radius 2 is 2.38 bits per heavy atom. The molecule has 2 atom stereocenters. The molecule has 0 bridgehead atoms. The molecule has 0 aromatic heterocycles. The van der Waals surface area contributed by atoms with Gasteiger partial charge in [-0.1, -0.05) is 22.5 Å². The van der Waals surface area contributed by atoms with E-state index in [0.29, 0.717) is 12.1 Å². The minimum Gasteiger partial charge on any atom is -0.381 e. The summed E-state index contributed by atoms with van der Waals surface area (Å²) >= 11 is 3.35. The number of hydrogen-bond acceptors (Lipinski definition) is 2. The molecule has 0 amide bonds. The van der Waals surface area contributed by atoms with Crippen LogP contribution in [0.25, 0.3) is 0 Å². The number of hydrogen-bond donors (Lipinski definition) is 1. The molecular formula is C10H18BrNO. The van der Waals surface area contributed by atoms with Crippen molar-refractivity contribution in [2.24, 2.45) is 0 Å². The summed E-state index contributed by atoms with van der Waals surface area (Å²) in [6.45, 7) is 4.66. The Morgan fingerprint density at radius 1 is 1.62 bits per heavy atom. The highest BCUT2D eigenvalue weighted by Crippen LogP contribution is 2.20. The van der Waals surface area contributed by atoms with Gasteiger partial charge in [0, 0.05) is 24.2 Å². The molecule has 0 aromatic rings. The molecule has 2 unspecified atom stereocenters. The van der Waals surface area contributed by atoms with Gasteiger partial charge in [0.25, 0.3) is 0 Å². The fourth-order valence-corrected chi connectivity index (χ4v) is 1.96. The minimum absolute atomic E-state index is 0.454. The Kier molecular flexibility index (Phi) is 4.99. The van der Waals surface area contributed by atoms with Crippen molar-refractivity contribution in [1.29, 1.82) is 0 Å². The summed E-state index contributed by atoms with van der Waals surface area (Å²) in [7, 11) is 1.80. The lowest BCUT2D eigenvalue weighted by atomic mass is 9.93. The zero-order chi connectivity index (χ0) is 9.68. The van der Waals surface area contributed by atoms with E-state index in [4.69, 9.17) is 4.74 Å². The third-order valence-electron chi connectivity index (χ3n) is 2.54. The van der Waals surface area contributed by atoms with E-state index in [1.165, 1.54) is 19.3 Å². The lowest BCUT2D eigenvalue weighted by molar-refractivity contribution is 0.0594. The number of rotatable bonds is 4. The maximum atomic E-state index is 5.35. The Labute approximate surface area is 88.9 Å². The molecule has 0 spiro atoms. The fraction of sp³-hybridized carbons (Fsp3) is 0.800. The molecule has 1 N–H and O–H groups in total. The van der Waals surface area contributed by atoms with Crippen molar-refractivity contribution in [3.8, 4) is 0 Å². The molecule has 1 saturated carbocycles. The summed E-state index contributed by atoms with van der Waals surface area (Å²) in [5, 5.41) is 3.46. The smallest absolute Gasteiger partial charge is 0.0586 e. The SMILES string of the molecule is C=C(Br)CNC1CCCC(OC)C1. The molecule has 0 aromatic carbocycles. The maximum Gasteiger partial charge on any atom is 0.0586 e. The zero-order valence-corrected chi connectivity index (χ0v) is 9.77. The van der Waals surface area contributed by atoms with Gasteiger partial charge in [0.15, 0.2) is 0 Å². The second kappa shape index (κ2) is 5.78. The molecule has 0 saturated heterocycles. The van der Waals surface area contributed by atoms with Crippen LogP contribution in [0, 0.1) is 0 Å². The lowest BCUT2D eigenvalue weighted by Gasteiger charge is -2.28. The van der Waals surface area contributed by atoms with Gasteiger partial charge in [-0.3, -0.25) is 0 Å². The second-order valence-corrected chi connectivity index (χ2v) is 4.74. The van der Waals surface area contributed by atoms with Gasteiger partial charge >= 0.3 is 0 Å². The molecule has 0 heterocycles. The monoisotopic (exact) mass is 247 g/mol. The van der Waals surface area contributed by atoms with Gasteiger partial charge in [0.1, 0.15) is 0 Å². The van der Waals surface area contributed by atoms with Crippen molar-refractivity contribution in [2.45, 2.75) is 37.8 Å². The average Bonchev–Trinajstić information content (AvgIpc) is 2.15. The summed E-state index contributed by atoms with van der Waals surface area (Å²) in [5.74, 6) is 0. The Morgan fingerprint density at radius 3 is 3.00 bits per heavy atom. The summed E-state index contributed by atoms with van der Waals surface area (Å²) in [6, 6.07) is 0.605. The Hall–Kier alpha value is 0.140. The van der Waals surface area contributed by atoms with Crippen LogP contribution in [0.2, 0.25) is 0 Å². The average molecular weight is 248 g/mol. The highest BCUT2D eigenvalue weighted by molar-refractivity contribution is 9.11. The van der Waals surface area contributed by atoms with E-state index >= 15 is 0 Å². The fourth-order valence-electron chi connectivity index (χ4n) is 1.80. The van der Waals surface area contributed by atoms with Crippen LogP contribution < -0.4 is 5.32 Å². The first-order valence-corrected chi connectivity index (χ1v) is 5.61. The molecule has 13 heavy (non-hydrogen) atoms. The topological polar surface area (TPSA) is 21.3 Å². The Bertz CT molecular complexity index is 172. The molecule has 3 heteroatoms. The first kappa shape index (κ1) is 11.2. The van der Waals surface area contributed by atoms with E-state index < -0.39 is 0 Å². The predicted molar refractivity (Wildman–Crippen MR) is 59.1 cm³/mol. The van der Waals surface area contributed by atoms with E-state index in [1.807, 2.05) is 0 Å². The zero-order valence-electron chi connectivity index (χ0n) is 8.18. The van der Waals surface area contributed by atoms with Crippen molar-refractivity contribution in [2.75, 3.05) is 13.7 Å². The van der Waals surface area contributed by atoms with Gasteiger partial charge in [0.05, 0.1) is 6.10 Å². The van der Waals surface area contributed by atoms with E-state index in [2.05, 4.69) is 27.8 Å². The van der Waals surface area contributed by atoms with Crippen LogP contribution in [0.1, 0.15) is 25.7 Å². The van der Waals surface area contributed by atoms with E-state index in [-0.39, 0.29) is 0 Å². The standard InChI is InChI=1S/C10H18BrNO/c1-8(11)7-12-9-4-3-5-10(6-9)13-2/h9-10,12H,1,3-7H2,2H3. The molecule has 1 fully saturated rings. The van der Waals surface area contributed by atoms with E-state index in [0.717, 1.165) is 17.4 Å². The van der Waals surface area contributed by atoms with Crippen molar-refractivity contribution in [3.63, 3.8) is 0 Å². The van der Waals surface area contributed by atoms with Gasteiger partial charge in [-0.2, -0.15) is 0 Å². The van der Waals surface area contributed by atoms with Crippen LogP contribution in [0.3, 0.4) is 0 Å². The normalized spacial score (nSPS) is 28.8. The molecule has 0 aliphatic heterocycles. The van der Waals surface area contributed by atoms with Crippen LogP contribution in [0.4, 0.5) is 0 Å². The van der Waals surface area contributed by atoms with Gasteiger partial charge in [-0.15, -0.1) is 0 Å². The maximum absolute atomic E-state index is 5.35. The summed E-state index contributed by atoms with van der Waals surface area (Å²) in [6.07, 6.45) is 5.33. The van der Waals surface area contributed by atoms with Gasteiger partial charge in [-0.25, -0.2) is 0 Å². The molecule has 1 aliphatic carbocycles. The van der Waals surface area contributed by atoms with Gasteiger partial charge in [-0.05, 0) is 25.7 Å². The second-order valence-electron chi connectivity index (χ2n) is 3.62. The summed E-state index contributed by atoms with van der Waals surface area (Å²) in [4.78, 5) is 0. The van der Waals surface area contributed by atoms with Crippen LogP contribution in [0.15, 0.2) is 11.1 Å². The first-order chi connectivity index (χ1) is 6.22. The van der Waals surface area contributed by atoms with Crippen molar-refractivity contribution in [1.82, 2.24) is 5.32 Å². The quantitative estimate of drug-likeness (QED) is 0.825. The summed E-state index contributed by atoms with van der Waals surface area (Å²) < 4.78 is 6.37. The van der Waals surface area contributed by atoms with Crippen LogP contribution >= 0.6 is 15.9 Å². The number of methoxy groups -OCH3 is 1. The molecule has 1 aliphatic rings. The number of nitrogens with one attached hydrogen (secondary N) is 1. The largest absolute Gasteiger partial charge is 0.381 e. The Balaban J connectivity index is 2.21. The van der Waals surface area contributed by atoms with Crippen molar-refractivity contribution in [3.05, 3.63) is 11.1 Å². The molecule has 2 nitrogen and oxygen atoms in total. The molecule has 0 radical (unpaired) electrons. The van der Waals surface area contributed by atoms with Gasteiger partial charge in [0.2, 0.25) is 0 Å². The van der Waals surface area contributed by atoms with E-state index in [1.54, 1.807) is 7.11 Å². The highest BCUT2D eigenvalue weighted by Gasteiger charge is 2.20. The summed E-state index contributed by atoms with van der Waals surface area (Å²) in [5.41, 5.74) is 0. The molecule has 1 rings (SSSR count). The molecular weight excluding hydrogens is 230 g/mol. The van der Waals surface area contributed by atoms with Crippen LogP contribution in [-0.4, -0.2) is 25.8 Å². The van der Waals surface area contributed by atoms with Crippen LogP contribution in [-0.2, 0) is 4.74 Å². The highest BCUT2D eigenvalue weighted by atomic mass is 79.9. The third-order valence-corrected chi connectivity index (χ3v) is 2.82. The minimum atomic E-state index is 0.454. The third kappa shape index (κ3) is 4.25. The first-order valence-electron chi connectivity index (χ1n) is 4.82. The molecule has 76 valence electrons. The van der Waals surface area contributed by atoms with Crippen molar-refractivity contribution < 1.29 is 4.74 Å². The van der Waals surface area contributed by atoms with Crippen molar-refractivity contribution >= 4 is 15.9 Å². The lowest BCUT2D eigenvalue weighted by Crippen LogP contribution is -2.37. The van der Waals surface area contributed by atoms with Crippen LogP contribution in [0.5, 0.6) is 0 Å². The predicted octanol–water partition coefficient (Wildman–Crippen LogP) is 2.44. The number of ether oxygens (including phenoxy) is 1. The number of halogens is 1. The van der Waals surface area contributed by atoms with E-state index in [9.17, 15) is 0 Å². The van der Waals surface area contributed by atoms with Gasteiger partial charge < -0.3 is 10.1 Å².